The molecule has 0 spiro atoms. The summed E-state index contributed by atoms with van der Waals surface area (Å²) in [6.07, 6.45) is 6.04. The van der Waals surface area contributed by atoms with Gasteiger partial charge in [0.15, 0.2) is 0 Å². The Bertz CT molecular complexity index is 710. The molecule has 0 saturated carbocycles. The highest BCUT2D eigenvalue weighted by Gasteiger charge is 2.39. The average molecular weight is 428 g/mol. The van der Waals surface area contributed by atoms with Crippen LogP contribution in [-0.4, -0.2) is 40.2 Å². The molecular formula is C23H31F3O4. The molecule has 30 heavy (non-hydrogen) atoms. The third-order valence-corrected chi connectivity index (χ3v) is 7.05. The maximum atomic E-state index is 13.2. The molecule has 3 aliphatic carbocycles. The average Bonchev–Trinajstić information content (AvgIpc) is 2.71. The first-order valence-electron chi connectivity index (χ1n) is 10.9. The van der Waals surface area contributed by atoms with Crippen LogP contribution in [-0.2, 0) is 4.79 Å². The van der Waals surface area contributed by atoms with Crippen molar-refractivity contribution in [2.45, 2.75) is 63.6 Å². The quantitative estimate of drug-likeness (QED) is 0.539. The Morgan fingerprint density at radius 2 is 1.87 bits per heavy atom. The van der Waals surface area contributed by atoms with Gasteiger partial charge < -0.3 is 15.3 Å². The van der Waals surface area contributed by atoms with E-state index in [2.05, 4.69) is 0 Å². The van der Waals surface area contributed by atoms with Gasteiger partial charge in [-0.05, 0) is 80.1 Å². The molecule has 0 aliphatic heterocycles. The molecule has 0 aromatic heterocycles. The number of aliphatic hydroxyl groups is 2. The van der Waals surface area contributed by atoms with E-state index in [0.29, 0.717) is 32.1 Å². The van der Waals surface area contributed by atoms with Crippen LogP contribution in [0, 0.1) is 29.6 Å². The maximum Gasteiger partial charge on any atom is 0.412 e. The number of hydrogen-bond donors (Lipinski definition) is 3. The summed E-state index contributed by atoms with van der Waals surface area (Å²) >= 11 is 0. The summed E-state index contributed by atoms with van der Waals surface area (Å²) in [5.74, 6) is -0.952. The first-order chi connectivity index (χ1) is 14.2. The van der Waals surface area contributed by atoms with E-state index in [1.807, 2.05) is 12.2 Å². The number of carboxylic acids is 1. The molecule has 3 rings (SSSR count). The number of halogens is 3. The molecule has 6 unspecified atom stereocenters. The molecule has 6 atom stereocenters. The molecule has 3 N–H and O–H groups in total. The zero-order chi connectivity index (χ0) is 21.9. The number of aliphatic hydroxyl groups excluding tert-OH is 2. The molecule has 0 amide bonds. The Morgan fingerprint density at radius 1 is 1.10 bits per heavy atom. The lowest BCUT2D eigenvalue weighted by molar-refractivity contribution is -0.137. The number of aliphatic carboxylic acids is 1. The number of rotatable bonds is 6. The molecule has 0 aromatic carbocycles. The number of carbonyl (C=O) groups is 1. The molecule has 0 bridgehead atoms. The van der Waals surface area contributed by atoms with Gasteiger partial charge >= 0.3 is 12.1 Å². The smallest absolute Gasteiger partial charge is 0.412 e. The van der Waals surface area contributed by atoms with E-state index in [1.54, 1.807) is 6.08 Å². The third-order valence-electron chi connectivity index (χ3n) is 7.05. The van der Waals surface area contributed by atoms with E-state index >= 15 is 0 Å². The van der Waals surface area contributed by atoms with Gasteiger partial charge in [0.1, 0.15) is 0 Å². The van der Waals surface area contributed by atoms with Crippen LogP contribution >= 0.6 is 0 Å². The molecule has 4 nitrogen and oxygen atoms in total. The Hall–Kier alpha value is -1.60. The second-order valence-electron chi connectivity index (χ2n) is 8.95. The molecule has 0 saturated heterocycles. The zero-order valence-electron chi connectivity index (χ0n) is 17.0. The van der Waals surface area contributed by atoms with Crippen molar-refractivity contribution in [2.24, 2.45) is 29.6 Å². The fourth-order valence-electron chi connectivity index (χ4n) is 5.58. The lowest BCUT2D eigenvalue weighted by atomic mass is 9.66. The minimum atomic E-state index is -4.29. The van der Waals surface area contributed by atoms with E-state index < -0.39 is 23.8 Å². The molecule has 0 fully saturated rings. The number of allylic oxidation sites excluding steroid dienone is 4. The molecule has 7 heteroatoms. The standard InChI is InChI=1S/C23H31F3O4/c24-23(25,26)18-3-1-2-14(11-18)21-7-4-15(10-17(21)13-27)20-8-6-19(28)12-16(20)5-9-22(29)30/h6,8,10-11,14-16,19-21,27-28H,1-5,7,9,12-13H2,(H,29,30). The van der Waals surface area contributed by atoms with Gasteiger partial charge in [0.05, 0.1) is 12.7 Å². The maximum absolute atomic E-state index is 13.2. The van der Waals surface area contributed by atoms with Crippen LogP contribution < -0.4 is 0 Å². The zero-order valence-corrected chi connectivity index (χ0v) is 17.0. The highest BCUT2D eigenvalue weighted by molar-refractivity contribution is 5.66. The first-order valence-corrected chi connectivity index (χ1v) is 10.9. The lowest BCUT2D eigenvalue weighted by Gasteiger charge is -2.40. The van der Waals surface area contributed by atoms with E-state index in [1.165, 1.54) is 6.08 Å². The van der Waals surface area contributed by atoms with Gasteiger partial charge in [-0.3, -0.25) is 4.79 Å². The minimum Gasteiger partial charge on any atom is -0.481 e. The minimum absolute atomic E-state index is 0.0326. The second-order valence-corrected chi connectivity index (χ2v) is 8.95. The van der Waals surface area contributed by atoms with Crippen LogP contribution in [0.1, 0.15) is 51.4 Å². The van der Waals surface area contributed by atoms with Gasteiger partial charge in [-0.2, -0.15) is 13.2 Å². The van der Waals surface area contributed by atoms with Gasteiger partial charge in [-0.25, -0.2) is 0 Å². The van der Waals surface area contributed by atoms with E-state index in [-0.39, 0.29) is 49.0 Å². The largest absolute Gasteiger partial charge is 0.481 e. The highest BCUT2D eigenvalue weighted by Crippen LogP contribution is 2.46. The molecule has 0 heterocycles. The van der Waals surface area contributed by atoms with Crippen molar-refractivity contribution in [1.29, 1.82) is 0 Å². The number of carboxylic acid groups (broad SMARTS) is 1. The summed E-state index contributed by atoms with van der Waals surface area (Å²) < 4.78 is 39.5. The third kappa shape index (κ3) is 5.55. The Kier molecular flexibility index (Phi) is 7.45. The van der Waals surface area contributed by atoms with Crippen molar-refractivity contribution in [1.82, 2.24) is 0 Å². The Morgan fingerprint density at radius 3 is 2.53 bits per heavy atom. The van der Waals surface area contributed by atoms with Gasteiger partial charge in [0.25, 0.3) is 0 Å². The van der Waals surface area contributed by atoms with Crippen LogP contribution in [0.25, 0.3) is 0 Å². The Balaban J connectivity index is 1.78. The summed E-state index contributed by atoms with van der Waals surface area (Å²) in [7, 11) is 0. The van der Waals surface area contributed by atoms with Crippen LogP contribution in [0.15, 0.2) is 35.5 Å². The van der Waals surface area contributed by atoms with Crippen molar-refractivity contribution in [3.8, 4) is 0 Å². The fraction of sp³-hybridized carbons (Fsp3) is 0.696. The molecule has 0 radical (unpaired) electrons. The van der Waals surface area contributed by atoms with E-state index in [4.69, 9.17) is 5.11 Å². The molecule has 168 valence electrons. The Labute approximate surface area is 175 Å². The van der Waals surface area contributed by atoms with Crippen molar-refractivity contribution in [3.63, 3.8) is 0 Å². The van der Waals surface area contributed by atoms with Crippen molar-refractivity contribution in [3.05, 3.63) is 35.5 Å². The monoisotopic (exact) mass is 428 g/mol. The molecular weight excluding hydrogens is 397 g/mol. The first kappa shape index (κ1) is 23.1. The summed E-state index contributed by atoms with van der Waals surface area (Å²) in [6.45, 7) is -0.175. The topological polar surface area (TPSA) is 77.8 Å². The molecule has 3 aliphatic rings. The van der Waals surface area contributed by atoms with Crippen molar-refractivity contribution >= 4 is 5.97 Å². The summed E-state index contributed by atoms with van der Waals surface area (Å²) in [5.41, 5.74) is 0.350. The second kappa shape index (κ2) is 9.69. The van der Waals surface area contributed by atoms with Crippen molar-refractivity contribution in [2.75, 3.05) is 6.61 Å². The van der Waals surface area contributed by atoms with Crippen LogP contribution in [0.3, 0.4) is 0 Å². The fourth-order valence-corrected chi connectivity index (χ4v) is 5.58. The normalized spacial score (nSPS) is 35.0. The van der Waals surface area contributed by atoms with Crippen LogP contribution in [0.5, 0.6) is 0 Å². The van der Waals surface area contributed by atoms with Gasteiger partial charge in [-0.1, -0.05) is 24.3 Å². The van der Waals surface area contributed by atoms with Crippen molar-refractivity contribution < 1.29 is 33.3 Å². The lowest BCUT2D eigenvalue weighted by Crippen LogP contribution is -2.33. The van der Waals surface area contributed by atoms with Crippen LogP contribution in [0.4, 0.5) is 13.2 Å². The molecule has 0 aromatic rings. The highest BCUT2D eigenvalue weighted by atomic mass is 19.4. The van der Waals surface area contributed by atoms with E-state index in [9.17, 15) is 28.2 Å². The van der Waals surface area contributed by atoms with E-state index in [0.717, 1.165) is 12.0 Å². The van der Waals surface area contributed by atoms with Gasteiger partial charge in [0.2, 0.25) is 0 Å². The number of hydrogen-bond acceptors (Lipinski definition) is 3. The van der Waals surface area contributed by atoms with Gasteiger partial charge in [-0.15, -0.1) is 0 Å². The number of alkyl halides is 3. The predicted molar refractivity (Wildman–Crippen MR) is 106 cm³/mol. The summed E-state index contributed by atoms with van der Waals surface area (Å²) in [6, 6.07) is 0. The SMILES string of the molecule is O=C(O)CCC1CC(O)C=CC1C1C=C(CO)C(C2C=C(C(F)(F)F)CCC2)CC1. The van der Waals surface area contributed by atoms with Gasteiger partial charge in [0, 0.05) is 12.0 Å². The summed E-state index contributed by atoms with van der Waals surface area (Å²) in [5, 5.41) is 29.0. The summed E-state index contributed by atoms with van der Waals surface area (Å²) in [4.78, 5) is 11.0. The van der Waals surface area contributed by atoms with Crippen LogP contribution in [0.2, 0.25) is 0 Å². The predicted octanol–water partition coefficient (Wildman–Crippen LogP) is 4.64.